The lowest BCUT2D eigenvalue weighted by Crippen LogP contribution is -2.53. The van der Waals surface area contributed by atoms with E-state index in [4.69, 9.17) is 4.74 Å². The largest absolute Gasteiger partial charge is 0.480 e. The van der Waals surface area contributed by atoms with E-state index in [1.165, 1.54) is 4.90 Å². The number of piperidine rings is 1. The number of benzene rings is 1. The summed E-state index contributed by atoms with van der Waals surface area (Å²) in [5.74, 6) is -1.65. The minimum atomic E-state index is -0.966. The topological polar surface area (TPSA) is 132 Å². The van der Waals surface area contributed by atoms with Crippen LogP contribution in [0, 0.1) is 5.92 Å². The normalized spacial score (nSPS) is 19.6. The Bertz CT molecular complexity index is 1160. The van der Waals surface area contributed by atoms with Crippen LogP contribution in [0.15, 0.2) is 30.5 Å². The molecule has 2 aliphatic rings. The second-order valence-corrected chi connectivity index (χ2v) is 10.9. The van der Waals surface area contributed by atoms with E-state index in [1.54, 1.807) is 25.7 Å². The summed E-state index contributed by atoms with van der Waals surface area (Å²) < 4.78 is 5.42. The van der Waals surface area contributed by atoms with Crippen LogP contribution in [0.4, 0.5) is 4.79 Å². The van der Waals surface area contributed by atoms with Crippen molar-refractivity contribution >= 4 is 34.8 Å². The molecule has 0 spiro atoms. The van der Waals surface area contributed by atoms with E-state index >= 15 is 0 Å². The van der Waals surface area contributed by atoms with Crippen LogP contribution in [0.5, 0.6) is 0 Å². The fourth-order valence-electron chi connectivity index (χ4n) is 5.26. The Morgan fingerprint density at radius 1 is 1.11 bits per heavy atom. The van der Waals surface area contributed by atoms with E-state index in [0.29, 0.717) is 45.3 Å². The highest BCUT2D eigenvalue weighted by atomic mass is 16.6. The Balaban J connectivity index is 1.44. The number of nitrogens with zero attached hydrogens (tertiary/aromatic N) is 2. The minimum Gasteiger partial charge on any atom is -0.480 e. The van der Waals surface area contributed by atoms with Gasteiger partial charge in [-0.05, 0) is 58.1 Å². The first-order valence-corrected chi connectivity index (χ1v) is 12.9. The van der Waals surface area contributed by atoms with Gasteiger partial charge in [-0.15, -0.1) is 0 Å². The number of hydrogen-bond acceptors (Lipinski definition) is 5. The van der Waals surface area contributed by atoms with E-state index in [1.807, 2.05) is 30.5 Å². The molecule has 3 amide bonds. The molecule has 4 rings (SSSR count). The molecule has 1 aromatic carbocycles. The first-order valence-electron chi connectivity index (χ1n) is 12.9. The van der Waals surface area contributed by atoms with Gasteiger partial charge in [0.25, 0.3) is 0 Å². The lowest BCUT2D eigenvalue weighted by atomic mass is 9.94. The lowest BCUT2D eigenvalue weighted by molar-refractivity contribution is -0.151. The van der Waals surface area contributed by atoms with Crippen molar-refractivity contribution in [1.82, 2.24) is 20.1 Å². The Morgan fingerprint density at radius 3 is 2.49 bits per heavy atom. The third-order valence-corrected chi connectivity index (χ3v) is 7.06. The highest BCUT2D eigenvalue weighted by Gasteiger charge is 2.39. The number of hydrogen-bond donors (Lipinski definition) is 3. The van der Waals surface area contributed by atoms with Gasteiger partial charge in [0.2, 0.25) is 11.8 Å². The number of carboxylic acid groups (broad SMARTS) is 1. The van der Waals surface area contributed by atoms with Crippen LogP contribution in [0.2, 0.25) is 0 Å². The standard InChI is InChI=1S/C27H36N4O6/c1-27(2,3)37-26(36)29-21(15-18-16-28-20-8-5-4-7-19(18)20)24(33)30-13-10-17(11-14-30)23(32)31-12-6-9-22(31)25(34)35/h4-5,7-8,16-17,21-22,28H,6,9-15H2,1-3H3,(H,29,36)(H,34,35)/t21-,22-/m0/s1. The number of H-pyrrole nitrogens is 1. The third kappa shape index (κ3) is 6.23. The predicted octanol–water partition coefficient (Wildman–Crippen LogP) is 2.92. The van der Waals surface area contributed by atoms with Gasteiger partial charge < -0.3 is 29.9 Å². The van der Waals surface area contributed by atoms with Gasteiger partial charge in [-0.25, -0.2) is 9.59 Å². The number of carboxylic acids is 1. The van der Waals surface area contributed by atoms with E-state index in [0.717, 1.165) is 16.5 Å². The van der Waals surface area contributed by atoms with Crippen LogP contribution in [0.1, 0.15) is 52.0 Å². The number of ether oxygens (including phenoxy) is 1. The van der Waals surface area contributed by atoms with Gasteiger partial charge in [0.15, 0.2) is 0 Å². The molecule has 2 fully saturated rings. The van der Waals surface area contributed by atoms with Crippen molar-refractivity contribution in [2.75, 3.05) is 19.6 Å². The van der Waals surface area contributed by atoms with E-state index in [-0.39, 0.29) is 24.2 Å². The number of carbonyl (C=O) groups excluding carboxylic acids is 3. The summed E-state index contributed by atoms with van der Waals surface area (Å²) in [5, 5.41) is 13.2. The monoisotopic (exact) mass is 512 g/mol. The summed E-state index contributed by atoms with van der Waals surface area (Å²) in [7, 11) is 0. The molecule has 0 bridgehead atoms. The molecular weight excluding hydrogens is 476 g/mol. The Labute approximate surface area is 216 Å². The molecule has 2 aliphatic heterocycles. The van der Waals surface area contributed by atoms with Crippen LogP contribution < -0.4 is 5.32 Å². The molecule has 200 valence electrons. The molecule has 0 radical (unpaired) electrons. The Hall–Kier alpha value is -3.56. The molecule has 0 aliphatic carbocycles. The zero-order valence-corrected chi connectivity index (χ0v) is 21.7. The van der Waals surface area contributed by atoms with Crippen molar-refractivity contribution in [1.29, 1.82) is 0 Å². The molecule has 3 N–H and O–H groups in total. The maximum atomic E-state index is 13.6. The number of rotatable bonds is 6. The molecule has 10 nitrogen and oxygen atoms in total. The van der Waals surface area contributed by atoms with Gasteiger partial charge in [0, 0.05) is 49.1 Å². The number of nitrogens with one attached hydrogen (secondary N) is 2. The fraction of sp³-hybridized carbons (Fsp3) is 0.556. The van der Waals surface area contributed by atoms with Gasteiger partial charge in [-0.2, -0.15) is 0 Å². The SMILES string of the molecule is CC(C)(C)OC(=O)N[C@@H](Cc1c[nH]c2ccccc12)C(=O)N1CCC(C(=O)N2CCC[C@H]2C(=O)O)CC1. The Kier molecular flexibility index (Phi) is 7.75. The van der Waals surface area contributed by atoms with Crippen molar-refractivity contribution in [2.45, 2.75) is 70.6 Å². The van der Waals surface area contributed by atoms with Crippen LogP contribution in [0.3, 0.4) is 0 Å². The van der Waals surface area contributed by atoms with Crippen molar-refractivity contribution in [3.63, 3.8) is 0 Å². The smallest absolute Gasteiger partial charge is 0.408 e. The van der Waals surface area contributed by atoms with Crippen LogP contribution in [-0.4, -0.2) is 81.1 Å². The van der Waals surface area contributed by atoms with Crippen molar-refractivity contribution < 1.29 is 29.0 Å². The number of fused-ring (bicyclic) bond motifs is 1. The summed E-state index contributed by atoms with van der Waals surface area (Å²) in [6.07, 6.45) is 3.55. The number of likely N-dealkylation sites (tertiary alicyclic amines) is 2. The van der Waals surface area contributed by atoms with E-state index < -0.39 is 29.7 Å². The number of aromatic nitrogens is 1. The van der Waals surface area contributed by atoms with Crippen LogP contribution in [-0.2, 0) is 25.5 Å². The summed E-state index contributed by atoms with van der Waals surface area (Å²) >= 11 is 0. The summed E-state index contributed by atoms with van der Waals surface area (Å²) in [6.45, 7) is 6.48. The van der Waals surface area contributed by atoms with Gasteiger partial charge in [0.1, 0.15) is 17.7 Å². The van der Waals surface area contributed by atoms with Gasteiger partial charge >= 0.3 is 12.1 Å². The van der Waals surface area contributed by atoms with Crippen molar-refractivity contribution in [3.05, 3.63) is 36.0 Å². The summed E-state index contributed by atoms with van der Waals surface area (Å²) in [4.78, 5) is 57.1. The van der Waals surface area contributed by atoms with Crippen molar-refractivity contribution in [2.24, 2.45) is 5.92 Å². The molecule has 0 saturated carbocycles. The molecule has 2 aromatic rings. The fourth-order valence-corrected chi connectivity index (χ4v) is 5.26. The van der Waals surface area contributed by atoms with Crippen LogP contribution in [0.25, 0.3) is 10.9 Å². The zero-order valence-electron chi connectivity index (χ0n) is 21.7. The number of aliphatic carboxylic acids is 1. The van der Waals surface area contributed by atoms with Gasteiger partial charge in [-0.1, -0.05) is 18.2 Å². The maximum Gasteiger partial charge on any atom is 0.408 e. The van der Waals surface area contributed by atoms with Gasteiger partial charge in [0.05, 0.1) is 0 Å². The molecule has 2 atom stereocenters. The molecular formula is C27H36N4O6. The first-order chi connectivity index (χ1) is 17.5. The predicted molar refractivity (Wildman–Crippen MR) is 137 cm³/mol. The van der Waals surface area contributed by atoms with Gasteiger partial charge in [-0.3, -0.25) is 9.59 Å². The zero-order chi connectivity index (χ0) is 26.7. The lowest BCUT2D eigenvalue weighted by Gasteiger charge is -2.36. The van der Waals surface area contributed by atoms with E-state index in [2.05, 4.69) is 10.3 Å². The van der Waals surface area contributed by atoms with E-state index in [9.17, 15) is 24.3 Å². The van der Waals surface area contributed by atoms with Crippen molar-refractivity contribution in [3.8, 4) is 0 Å². The highest BCUT2D eigenvalue weighted by Crippen LogP contribution is 2.26. The average molecular weight is 513 g/mol. The highest BCUT2D eigenvalue weighted by molar-refractivity contribution is 5.89. The number of amides is 3. The summed E-state index contributed by atoms with van der Waals surface area (Å²) in [5.41, 5.74) is 1.14. The second-order valence-electron chi connectivity index (χ2n) is 10.9. The maximum absolute atomic E-state index is 13.6. The van der Waals surface area contributed by atoms with Crippen LogP contribution >= 0.6 is 0 Å². The summed E-state index contributed by atoms with van der Waals surface area (Å²) in [6, 6.07) is 6.18. The second kappa shape index (κ2) is 10.8. The molecule has 0 unspecified atom stereocenters. The molecule has 2 saturated heterocycles. The quantitative estimate of drug-likeness (QED) is 0.545. The molecule has 37 heavy (non-hydrogen) atoms. The minimum absolute atomic E-state index is 0.140. The average Bonchev–Trinajstić information content (AvgIpc) is 3.50. The number of carbonyl (C=O) groups is 4. The first kappa shape index (κ1) is 26.5. The number of aromatic amines is 1. The Morgan fingerprint density at radius 2 is 1.81 bits per heavy atom. The number of alkyl carbamates (subject to hydrolysis) is 1. The number of para-hydroxylation sites is 1. The molecule has 3 heterocycles. The molecule has 10 heteroatoms. The third-order valence-electron chi connectivity index (χ3n) is 7.06. The molecule has 1 aromatic heterocycles.